The molecular weight excluding hydrogens is 450 g/mol. The lowest BCUT2D eigenvalue weighted by Crippen LogP contribution is -2.46. The summed E-state index contributed by atoms with van der Waals surface area (Å²) in [4.78, 5) is 2.98. The van der Waals surface area contributed by atoms with Crippen LogP contribution in [0.1, 0.15) is 64.4 Å². The summed E-state index contributed by atoms with van der Waals surface area (Å²) < 4.78 is 12.6. The lowest BCUT2D eigenvalue weighted by atomic mass is 9.56. The maximum absolute atomic E-state index is 10.6. The second kappa shape index (κ2) is 9.02. The Bertz CT molecular complexity index is 1100. The molecule has 6 rings (SSSR count). The molecule has 0 radical (unpaired) electrons. The molecule has 1 N–H and O–H groups in total. The predicted molar refractivity (Wildman–Crippen MR) is 139 cm³/mol. The summed E-state index contributed by atoms with van der Waals surface area (Å²) >= 11 is 0. The minimum absolute atomic E-state index is 0.0686. The normalized spacial score (nSPS) is 45.4. The molecule has 1 spiro atoms. The van der Waals surface area contributed by atoms with Crippen molar-refractivity contribution >= 4 is 0 Å². The van der Waals surface area contributed by atoms with Crippen molar-refractivity contribution in [3.63, 3.8) is 0 Å². The van der Waals surface area contributed by atoms with Gasteiger partial charge in [-0.15, -0.1) is 0 Å². The van der Waals surface area contributed by atoms with E-state index < -0.39 is 17.9 Å². The minimum atomic E-state index is -1.05. The van der Waals surface area contributed by atoms with Crippen LogP contribution < -0.4 is 0 Å². The SMILES string of the molecule is C=C1[C@@H]2C[C@H]3[C@@H](CC=C4C[C@@H](OCc5ccccc5)CC[C@@]43C)[C@@H]2CC[C@]12OC(O)[C@@H](N=[N+]=[N-])[C@H]2C. The number of ether oxygens (including phenoxy) is 2. The lowest BCUT2D eigenvalue weighted by Gasteiger charge is -2.50. The van der Waals surface area contributed by atoms with E-state index in [-0.39, 0.29) is 11.3 Å². The Morgan fingerprint density at radius 3 is 2.81 bits per heavy atom. The minimum Gasteiger partial charge on any atom is -0.373 e. The van der Waals surface area contributed by atoms with Gasteiger partial charge in [0.25, 0.3) is 0 Å². The van der Waals surface area contributed by atoms with Crippen LogP contribution in [0.3, 0.4) is 0 Å². The Hall–Kier alpha value is -2.11. The molecule has 10 atom stereocenters. The third-order valence-electron chi connectivity index (χ3n) is 10.9. The Morgan fingerprint density at radius 2 is 2.03 bits per heavy atom. The van der Waals surface area contributed by atoms with Gasteiger partial charge in [-0.05, 0) is 90.7 Å². The molecule has 3 saturated carbocycles. The van der Waals surface area contributed by atoms with Gasteiger partial charge in [0.05, 0.1) is 24.4 Å². The zero-order valence-corrected chi connectivity index (χ0v) is 21.6. The van der Waals surface area contributed by atoms with E-state index in [1.807, 2.05) is 0 Å². The molecule has 192 valence electrons. The molecule has 4 aliphatic carbocycles. The van der Waals surface area contributed by atoms with Crippen LogP contribution in [-0.2, 0) is 16.1 Å². The van der Waals surface area contributed by atoms with Gasteiger partial charge in [0.15, 0.2) is 6.29 Å². The number of benzene rings is 1. The van der Waals surface area contributed by atoms with Gasteiger partial charge < -0.3 is 14.6 Å². The van der Waals surface area contributed by atoms with Crippen molar-refractivity contribution in [1.82, 2.24) is 0 Å². The van der Waals surface area contributed by atoms with Crippen LogP contribution in [0.15, 0.2) is 59.2 Å². The van der Waals surface area contributed by atoms with Crippen LogP contribution in [0.4, 0.5) is 0 Å². The summed E-state index contributed by atoms with van der Waals surface area (Å²) in [5.74, 6) is 2.31. The Balaban J connectivity index is 1.17. The smallest absolute Gasteiger partial charge is 0.164 e. The number of rotatable bonds is 4. The van der Waals surface area contributed by atoms with Gasteiger partial charge in [-0.3, -0.25) is 0 Å². The first kappa shape index (κ1) is 24.2. The number of aliphatic hydroxyl groups is 1. The third-order valence-corrected chi connectivity index (χ3v) is 10.9. The lowest BCUT2D eigenvalue weighted by molar-refractivity contribution is -0.143. The van der Waals surface area contributed by atoms with Crippen molar-refractivity contribution in [1.29, 1.82) is 0 Å². The molecule has 1 heterocycles. The standard InChI is InChI=1S/C30H39N3O3/c1-18-25-16-26-24(23(25)12-14-30(18)19(2)27(32-33-31)28(34)36-30)10-9-21-15-22(11-13-29(21,26)3)35-17-20-7-5-4-6-8-20/h4-9,19,22-28,34H,1,10-17H2,2-3H3/t19-,22+,23+,24+,25+,26+,27+,28?,29+,30+/m1/s1. The second-order valence-electron chi connectivity index (χ2n) is 12.3. The highest BCUT2D eigenvalue weighted by Gasteiger charge is 2.62. The quantitative estimate of drug-likeness (QED) is 0.221. The molecule has 1 unspecified atom stereocenters. The fourth-order valence-electron chi connectivity index (χ4n) is 8.90. The van der Waals surface area contributed by atoms with Gasteiger partial charge in [0.2, 0.25) is 0 Å². The molecule has 6 nitrogen and oxygen atoms in total. The Morgan fingerprint density at radius 1 is 1.22 bits per heavy atom. The maximum atomic E-state index is 10.6. The Labute approximate surface area is 214 Å². The number of azide groups is 1. The van der Waals surface area contributed by atoms with Crippen molar-refractivity contribution in [3.05, 3.63) is 70.1 Å². The molecule has 0 amide bonds. The Kier molecular flexibility index (Phi) is 6.07. The van der Waals surface area contributed by atoms with Crippen molar-refractivity contribution in [2.45, 2.75) is 89.4 Å². The van der Waals surface area contributed by atoms with E-state index in [1.165, 1.54) is 12.0 Å². The molecule has 1 aromatic rings. The molecule has 1 aliphatic heterocycles. The summed E-state index contributed by atoms with van der Waals surface area (Å²) in [6.45, 7) is 9.87. The van der Waals surface area contributed by atoms with Crippen LogP contribution in [0.2, 0.25) is 0 Å². The highest BCUT2D eigenvalue weighted by Crippen LogP contribution is 2.66. The highest BCUT2D eigenvalue weighted by atomic mass is 16.6. The molecule has 0 bridgehead atoms. The molecular formula is C30H39N3O3. The van der Waals surface area contributed by atoms with Crippen LogP contribution in [-0.4, -0.2) is 29.1 Å². The van der Waals surface area contributed by atoms with Gasteiger partial charge in [0.1, 0.15) is 0 Å². The van der Waals surface area contributed by atoms with Gasteiger partial charge in [-0.2, -0.15) is 0 Å². The molecule has 1 saturated heterocycles. The van der Waals surface area contributed by atoms with Gasteiger partial charge >= 0.3 is 0 Å². The monoisotopic (exact) mass is 489 g/mol. The fourth-order valence-corrected chi connectivity index (χ4v) is 8.90. The van der Waals surface area contributed by atoms with E-state index in [9.17, 15) is 5.11 Å². The number of nitrogens with zero attached hydrogens (tertiary/aromatic N) is 3. The second-order valence-corrected chi connectivity index (χ2v) is 12.3. The summed E-state index contributed by atoms with van der Waals surface area (Å²) in [7, 11) is 0. The zero-order chi connectivity index (χ0) is 25.1. The van der Waals surface area contributed by atoms with Crippen molar-refractivity contribution < 1.29 is 14.6 Å². The van der Waals surface area contributed by atoms with Gasteiger partial charge in [-0.1, -0.05) is 67.5 Å². The van der Waals surface area contributed by atoms with E-state index in [2.05, 4.69) is 66.9 Å². The first-order chi connectivity index (χ1) is 17.4. The number of allylic oxidation sites excluding steroid dienone is 1. The van der Waals surface area contributed by atoms with Crippen LogP contribution in [0, 0.1) is 35.0 Å². The molecule has 36 heavy (non-hydrogen) atoms. The number of hydrogen-bond acceptors (Lipinski definition) is 4. The first-order valence-corrected chi connectivity index (χ1v) is 13.8. The van der Waals surface area contributed by atoms with Crippen LogP contribution >= 0.6 is 0 Å². The molecule has 0 aromatic heterocycles. The van der Waals surface area contributed by atoms with E-state index in [4.69, 9.17) is 15.0 Å². The van der Waals surface area contributed by atoms with E-state index in [0.29, 0.717) is 36.4 Å². The number of hydrogen-bond donors (Lipinski definition) is 1. The highest BCUT2D eigenvalue weighted by molar-refractivity contribution is 5.32. The number of fused-ring (bicyclic) bond motifs is 5. The molecule has 4 fully saturated rings. The van der Waals surface area contributed by atoms with Gasteiger partial charge in [-0.25, -0.2) is 0 Å². The largest absolute Gasteiger partial charge is 0.373 e. The molecule has 6 heteroatoms. The zero-order valence-electron chi connectivity index (χ0n) is 21.6. The summed E-state index contributed by atoms with van der Waals surface area (Å²) in [5.41, 5.74) is 12.7. The molecule has 5 aliphatic rings. The average Bonchev–Trinajstić information content (AvgIpc) is 3.38. The van der Waals surface area contributed by atoms with Crippen molar-refractivity contribution in [2.75, 3.05) is 0 Å². The average molecular weight is 490 g/mol. The first-order valence-electron chi connectivity index (χ1n) is 13.8. The maximum Gasteiger partial charge on any atom is 0.164 e. The van der Waals surface area contributed by atoms with Gasteiger partial charge in [0, 0.05) is 10.8 Å². The summed E-state index contributed by atoms with van der Waals surface area (Å²) in [5, 5.41) is 14.4. The fraction of sp³-hybridized carbons (Fsp3) is 0.667. The molecule has 1 aromatic carbocycles. The number of aliphatic hydroxyl groups excluding tert-OH is 1. The van der Waals surface area contributed by atoms with E-state index in [0.717, 1.165) is 44.1 Å². The predicted octanol–water partition coefficient (Wildman–Crippen LogP) is 6.71. The van der Waals surface area contributed by atoms with Crippen molar-refractivity contribution in [3.8, 4) is 0 Å². The van der Waals surface area contributed by atoms with E-state index in [1.54, 1.807) is 5.57 Å². The third kappa shape index (κ3) is 3.60. The topological polar surface area (TPSA) is 87.5 Å². The van der Waals surface area contributed by atoms with E-state index >= 15 is 0 Å². The van der Waals surface area contributed by atoms with Crippen LogP contribution in [0.5, 0.6) is 0 Å². The summed E-state index contributed by atoms with van der Waals surface area (Å²) in [6, 6.07) is 9.93. The summed E-state index contributed by atoms with van der Waals surface area (Å²) in [6.07, 6.45) is 9.41. The van der Waals surface area contributed by atoms with Crippen LogP contribution in [0.25, 0.3) is 10.4 Å². The van der Waals surface area contributed by atoms with Crippen molar-refractivity contribution in [2.24, 2.45) is 40.1 Å².